The third kappa shape index (κ3) is 4.21. The smallest absolute Gasteiger partial charge is 0.396 e. The van der Waals surface area contributed by atoms with Crippen LogP contribution in [0.4, 0.5) is 13.2 Å². The van der Waals surface area contributed by atoms with Gasteiger partial charge in [0, 0.05) is 12.1 Å². The summed E-state index contributed by atoms with van der Waals surface area (Å²) in [4.78, 5) is 0. The Kier molecular flexibility index (Phi) is 5.38. The average Bonchev–Trinajstić information content (AvgIpc) is 2.36. The Labute approximate surface area is 111 Å². The van der Waals surface area contributed by atoms with Crippen LogP contribution in [-0.4, -0.2) is 18.3 Å². The maximum Gasteiger partial charge on any atom is 0.416 e. The van der Waals surface area contributed by atoms with Crippen LogP contribution < -0.4 is 5.32 Å². The zero-order valence-corrected chi connectivity index (χ0v) is 11.2. The predicted molar refractivity (Wildman–Crippen MR) is 68.8 cm³/mol. The summed E-state index contributed by atoms with van der Waals surface area (Å²) in [6, 6.07) is 5.11. The van der Waals surface area contributed by atoms with E-state index in [1.807, 2.05) is 13.8 Å². The minimum Gasteiger partial charge on any atom is -0.396 e. The molecule has 0 aliphatic heterocycles. The molecule has 0 spiro atoms. The van der Waals surface area contributed by atoms with Crippen LogP contribution in [0, 0.1) is 0 Å². The largest absolute Gasteiger partial charge is 0.416 e. The number of hydrogen-bond donors (Lipinski definition) is 2. The second kappa shape index (κ2) is 6.39. The number of nitrogens with one attached hydrogen (secondary N) is 1. The van der Waals surface area contributed by atoms with Crippen LogP contribution in [0.25, 0.3) is 0 Å². The van der Waals surface area contributed by atoms with Crippen LogP contribution in [-0.2, 0) is 11.7 Å². The van der Waals surface area contributed by atoms with Crippen molar-refractivity contribution in [3.05, 3.63) is 35.4 Å². The molecule has 0 bridgehead atoms. The van der Waals surface area contributed by atoms with E-state index in [1.54, 1.807) is 0 Å². The molecule has 0 aliphatic rings. The van der Waals surface area contributed by atoms with Gasteiger partial charge in [-0.05, 0) is 44.0 Å². The highest BCUT2D eigenvalue weighted by Crippen LogP contribution is 2.31. The fraction of sp³-hybridized carbons (Fsp3) is 0.571. The molecule has 0 aliphatic carbocycles. The molecule has 1 rings (SSSR count). The van der Waals surface area contributed by atoms with Gasteiger partial charge in [-0.1, -0.05) is 19.1 Å². The van der Waals surface area contributed by atoms with E-state index in [1.165, 1.54) is 12.1 Å². The van der Waals surface area contributed by atoms with Crippen LogP contribution in [0.1, 0.15) is 37.8 Å². The van der Waals surface area contributed by atoms with Crippen molar-refractivity contribution in [2.24, 2.45) is 0 Å². The van der Waals surface area contributed by atoms with E-state index >= 15 is 0 Å². The van der Waals surface area contributed by atoms with E-state index in [9.17, 15) is 13.2 Å². The highest BCUT2D eigenvalue weighted by molar-refractivity contribution is 5.29. The van der Waals surface area contributed by atoms with Gasteiger partial charge in [0.1, 0.15) is 0 Å². The monoisotopic (exact) mass is 275 g/mol. The summed E-state index contributed by atoms with van der Waals surface area (Å²) in [6.45, 7) is 4.63. The molecule has 1 aromatic carbocycles. The Morgan fingerprint density at radius 2 is 1.63 bits per heavy atom. The summed E-state index contributed by atoms with van der Waals surface area (Å²) in [6.07, 6.45) is -2.94. The Balaban J connectivity index is 2.97. The summed E-state index contributed by atoms with van der Waals surface area (Å²) < 4.78 is 37.5. The molecule has 0 saturated carbocycles. The van der Waals surface area contributed by atoms with Crippen LogP contribution in [0.5, 0.6) is 0 Å². The number of aliphatic hydroxyl groups is 1. The molecular formula is C14H20F3NO. The molecule has 5 heteroatoms. The van der Waals surface area contributed by atoms with Crippen molar-refractivity contribution in [1.82, 2.24) is 5.32 Å². The lowest BCUT2D eigenvalue weighted by molar-refractivity contribution is -0.137. The van der Waals surface area contributed by atoms with Crippen molar-refractivity contribution in [3.63, 3.8) is 0 Å². The first-order chi connectivity index (χ1) is 8.83. The van der Waals surface area contributed by atoms with E-state index in [2.05, 4.69) is 5.32 Å². The Morgan fingerprint density at radius 1 is 1.11 bits per heavy atom. The molecule has 1 unspecified atom stereocenters. The third-order valence-electron chi connectivity index (χ3n) is 3.23. The highest BCUT2D eigenvalue weighted by Gasteiger charge is 2.31. The molecule has 0 fully saturated rings. The second-order valence-electron chi connectivity index (χ2n) is 4.81. The lowest BCUT2D eigenvalue weighted by Gasteiger charge is -2.31. The average molecular weight is 275 g/mol. The minimum absolute atomic E-state index is 0.0196. The topological polar surface area (TPSA) is 32.3 Å². The van der Waals surface area contributed by atoms with Crippen molar-refractivity contribution in [2.45, 2.75) is 38.4 Å². The fourth-order valence-electron chi connectivity index (χ4n) is 1.99. The van der Waals surface area contributed by atoms with Gasteiger partial charge < -0.3 is 10.4 Å². The molecule has 0 aromatic heterocycles. The molecule has 19 heavy (non-hydrogen) atoms. The van der Waals surface area contributed by atoms with Gasteiger partial charge >= 0.3 is 6.18 Å². The molecule has 108 valence electrons. The Morgan fingerprint density at radius 3 is 2.05 bits per heavy atom. The van der Waals surface area contributed by atoms with E-state index in [0.29, 0.717) is 6.42 Å². The summed E-state index contributed by atoms with van der Waals surface area (Å²) in [5, 5.41) is 12.4. The van der Waals surface area contributed by atoms with Gasteiger partial charge in [0.25, 0.3) is 0 Å². The van der Waals surface area contributed by atoms with Crippen molar-refractivity contribution >= 4 is 0 Å². The predicted octanol–water partition coefficient (Wildman–Crippen LogP) is 3.30. The number of aliphatic hydroxyl groups excluding tert-OH is 1. The van der Waals surface area contributed by atoms with Crippen LogP contribution in [0.15, 0.2) is 24.3 Å². The van der Waals surface area contributed by atoms with Crippen LogP contribution in [0.3, 0.4) is 0 Å². The summed E-state index contributed by atoms with van der Waals surface area (Å²) >= 11 is 0. The molecule has 0 radical (unpaired) electrons. The second-order valence-corrected chi connectivity index (χ2v) is 4.81. The SMILES string of the molecule is CCCNC(C)(CCO)c1ccc(C(F)(F)F)cc1. The third-order valence-corrected chi connectivity index (χ3v) is 3.23. The Hall–Kier alpha value is -1.07. The van der Waals surface area contributed by atoms with E-state index in [4.69, 9.17) is 5.11 Å². The molecule has 2 nitrogen and oxygen atoms in total. The zero-order valence-electron chi connectivity index (χ0n) is 11.2. The molecule has 1 atom stereocenters. The summed E-state index contributed by atoms with van der Waals surface area (Å²) in [7, 11) is 0. The number of hydrogen-bond acceptors (Lipinski definition) is 2. The van der Waals surface area contributed by atoms with Crippen LogP contribution in [0.2, 0.25) is 0 Å². The van der Waals surface area contributed by atoms with Gasteiger partial charge in [0.2, 0.25) is 0 Å². The highest BCUT2D eigenvalue weighted by atomic mass is 19.4. The van der Waals surface area contributed by atoms with Gasteiger partial charge in [-0.3, -0.25) is 0 Å². The normalized spacial score (nSPS) is 15.3. The van der Waals surface area contributed by atoms with Crippen molar-refractivity contribution < 1.29 is 18.3 Å². The lowest BCUT2D eigenvalue weighted by atomic mass is 9.88. The first kappa shape index (κ1) is 16.0. The van der Waals surface area contributed by atoms with Crippen molar-refractivity contribution in [2.75, 3.05) is 13.2 Å². The standard InChI is InChI=1S/C14H20F3NO/c1-3-9-18-13(2,8-10-19)11-4-6-12(7-5-11)14(15,16)17/h4-7,18-19H,3,8-10H2,1-2H3. The van der Waals surface area contributed by atoms with Gasteiger partial charge in [0.15, 0.2) is 0 Å². The van der Waals surface area contributed by atoms with Crippen molar-refractivity contribution in [1.29, 1.82) is 0 Å². The quantitative estimate of drug-likeness (QED) is 0.835. The molecular weight excluding hydrogens is 255 g/mol. The number of alkyl halides is 3. The number of rotatable bonds is 6. The maximum absolute atomic E-state index is 12.5. The lowest BCUT2D eigenvalue weighted by Crippen LogP contribution is -2.40. The number of benzene rings is 1. The molecule has 2 N–H and O–H groups in total. The molecule has 0 saturated heterocycles. The zero-order chi connectivity index (χ0) is 14.5. The molecule has 0 heterocycles. The summed E-state index contributed by atoms with van der Waals surface area (Å²) in [5.74, 6) is 0. The van der Waals surface area contributed by atoms with E-state index in [0.717, 1.165) is 30.7 Å². The fourth-order valence-corrected chi connectivity index (χ4v) is 1.99. The van der Waals surface area contributed by atoms with E-state index < -0.39 is 17.3 Å². The van der Waals surface area contributed by atoms with Crippen molar-refractivity contribution in [3.8, 4) is 0 Å². The first-order valence-corrected chi connectivity index (χ1v) is 6.37. The molecule has 1 aromatic rings. The van der Waals surface area contributed by atoms with Gasteiger partial charge in [-0.25, -0.2) is 0 Å². The van der Waals surface area contributed by atoms with E-state index in [-0.39, 0.29) is 6.61 Å². The maximum atomic E-state index is 12.5. The minimum atomic E-state index is -4.32. The van der Waals surface area contributed by atoms with Gasteiger partial charge in [-0.15, -0.1) is 0 Å². The Bertz CT molecular complexity index is 389. The first-order valence-electron chi connectivity index (χ1n) is 6.37. The van der Waals surface area contributed by atoms with Crippen LogP contribution >= 0.6 is 0 Å². The van der Waals surface area contributed by atoms with Gasteiger partial charge in [-0.2, -0.15) is 13.2 Å². The summed E-state index contributed by atoms with van der Waals surface area (Å²) in [5.41, 5.74) is -0.407. The molecule has 0 amide bonds. The van der Waals surface area contributed by atoms with Gasteiger partial charge in [0.05, 0.1) is 5.56 Å². The number of halogens is 3.